The first kappa shape index (κ1) is 19.4. The van der Waals surface area contributed by atoms with Gasteiger partial charge in [0, 0.05) is 12.8 Å². The lowest BCUT2D eigenvalue weighted by atomic mass is 9.44. The van der Waals surface area contributed by atoms with E-state index in [9.17, 15) is 14.7 Å². The van der Waals surface area contributed by atoms with Crippen LogP contribution in [0.5, 0.6) is 0 Å². The van der Waals surface area contributed by atoms with Crippen molar-refractivity contribution < 1.29 is 19.4 Å². The molecule has 0 aromatic rings. The average molecular weight is 377 g/mol. The lowest BCUT2D eigenvalue weighted by molar-refractivity contribution is -0.151. The van der Waals surface area contributed by atoms with Gasteiger partial charge in [0.05, 0.1) is 6.10 Å². The Morgan fingerprint density at radius 2 is 1.67 bits per heavy atom. The number of esters is 1. The van der Waals surface area contributed by atoms with Gasteiger partial charge >= 0.3 is 5.97 Å². The molecule has 8 atom stereocenters. The van der Waals surface area contributed by atoms with Crippen molar-refractivity contribution in [1.82, 2.24) is 0 Å². The standard InChI is InChI=1S/C23H36O4/c1-14(24)27-13-21(26)20-7-6-18-17-5-4-15-12-16(25)8-10-22(15,2)19(17)9-11-23(18,20)3/h15-20,25H,4-13H2,1-3H3/t15?,16-,17-,18-,19-,20+,22-,23-/m0/s1. The van der Waals surface area contributed by atoms with Gasteiger partial charge < -0.3 is 9.84 Å². The Hall–Kier alpha value is -0.900. The molecular formula is C23H36O4. The molecule has 0 aromatic carbocycles. The smallest absolute Gasteiger partial charge is 0.303 e. The van der Waals surface area contributed by atoms with Gasteiger partial charge in [-0.1, -0.05) is 13.8 Å². The molecule has 0 heterocycles. The Kier molecular flexibility index (Phi) is 4.93. The minimum atomic E-state index is -0.363. The normalized spacial score (nSPS) is 48.9. The van der Waals surface area contributed by atoms with Crippen molar-refractivity contribution >= 4 is 11.8 Å². The molecule has 4 fully saturated rings. The number of aliphatic hydroxyl groups is 1. The van der Waals surface area contributed by atoms with Gasteiger partial charge in [0.2, 0.25) is 0 Å². The number of hydrogen-bond donors (Lipinski definition) is 1. The molecule has 4 saturated carbocycles. The maximum Gasteiger partial charge on any atom is 0.303 e. The van der Waals surface area contributed by atoms with Crippen LogP contribution in [0.3, 0.4) is 0 Å². The Morgan fingerprint density at radius 1 is 0.963 bits per heavy atom. The van der Waals surface area contributed by atoms with E-state index in [-0.39, 0.29) is 35.8 Å². The van der Waals surface area contributed by atoms with Gasteiger partial charge in [-0.3, -0.25) is 9.59 Å². The molecule has 0 aromatic heterocycles. The minimum Gasteiger partial charge on any atom is -0.458 e. The number of carbonyl (C=O) groups is 2. The van der Waals surface area contributed by atoms with E-state index in [0.29, 0.717) is 17.3 Å². The molecule has 4 nitrogen and oxygen atoms in total. The van der Waals surface area contributed by atoms with Crippen LogP contribution in [0.4, 0.5) is 0 Å². The Labute approximate surface area is 163 Å². The third kappa shape index (κ3) is 3.07. The van der Waals surface area contributed by atoms with Gasteiger partial charge in [0.25, 0.3) is 0 Å². The van der Waals surface area contributed by atoms with Crippen LogP contribution >= 0.6 is 0 Å². The van der Waals surface area contributed by atoms with Crippen LogP contribution in [0.1, 0.15) is 78.6 Å². The first-order valence-electron chi connectivity index (χ1n) is 11.1. The zero-order valence-corrected chi connectivity index (χ0v) is 17.2. The van der Waals surface area contributed by atoms with Crippen LogP contribution in [0.2, 0.25) is 0 Å². The number of ketones is 1. The van der Waals surface area contributed by atoms with Crippen molar-refractivity contribution in [2.24, 2.45) is 40.4 Å². The van der Waals surface area contributed by atoms with Crippen LogP contribution in [0.15, 0.2) is 0 Å². The first-order valence-corrected chi connectivity index (χ1v) is 11.1. The second-order valence-electron chi connectivity index (χ2n) is 10.5. The summed E-state index contributed by atoms with van der Waals surface area (Å²) in [5, 5.41) is 10.2. The summed E-state index contributed by atoms with van der Waals surface area (Å²) in [5.74, 6) is 2.62. The van der Waals surface area contributed by atoms with Gasteiger partial charge in [-0.15, -0.1) is 0 Å². The third-order valence-corrected chi connectivity index (χ3v) is 9.44. The number of rotatable bonds is 3. The molecule has 4 heteroatoms. The van der Waals surface area contributed by atoms with Crippen LogP contribution in [0.25, 0.3) is 0 Å². The van der Waals surface area contributed by atoms with Crippen molar-refractivity contribution in [2.45, 2.75) is 84.7 Å². The molecule has 0 bridgehead atoms. The molecule has 4 aliphatic rings. The van der Waals surface area contributed by atoms with Crippen molar-refractivity contribution in [3.05, 3.63) is 0 Å². The van der Waals surface area contributed by atoms with Gasteiger partial charge in [-0.2, -0.15) is 0 Å². The predicted molar refractivity (Wildman–Crippen MR) is 103 cm³/mol. The summed E-state index contributed by atoms with van der Waals surface area (Å²) in [6, 6.07) is 0. The molecule has 0 spiro atoms. The fourth-order valence-corrected chi connectivity index (χ4v) is 8.04. The first-order chi connectivity index (χ1) is 12.8. The number of Topliss-reactive ketones (excluding diaryl/α,β-unsaturated/α-hetero) is 1. The van der Waals surface area contributed by atoms with Crippen molar-refractivity contribution in [3.63, 3.8) is 0 Å². The summed E-state index contributed by atoms with van der Waals surface area (Å²) in [6.45, 7) is 6.17. The predicted octanol–water partition coefficient (Wildman–Crippen LogP) is 4.14. The number of carbonyl (C=O) groups excluding carboxylic acids is 2. The number of aliphatic hydroxyl groups excluding tert-OH is 1. The van der Waals surface area contributed by atoms with Gasteiger partial charge in [-0.25, -0.2) is 0 Å². The second-order valence-corrected chi connectivity index (χ2v) is 10.5. The number of hydrogen-bond acceptors (Lipinski definition) is 4. The van der Waals surface area contributed by atoms with Crippen LogP contribution in [-0.4, -0.2) is 29.6 Å². The summed E-state index contributed by atoms with van der Waals surface area (Å²) in [4.78, 5) is 23.9. The highest BCUT2D eigenvalue weighted by Gasteiger charge is 2.61. The highest BCUT2D eigenvalue weighted by Crippen LogP contribution is 2.67. The third-order valence-electron chi connectivity index (χ3n) is 9.44. The molecule has 27 heavy (non-hydrogen) atoms. The van der Waals surface area contributed by atoms with Gasteiger partial charge in [0.15, 0.2) is 5.78 Å². The van der Waals surface area contributed by atoms with Crippen LogP contribution < -0.4 is 0 Å². The van der Waals surface area contributed by atoms with E-state index in [2.05, 4.69) is 13.8 Å². The maximum atomic E-state index is 12.8. The summed E-state index contributed by atoms with van der Waals surface area (Å²) in [7, 11) is 0. The molecule has 0 amide bonds. The van der Waals surface area contributed by atoms with Gasteiger partial charge in [-0.05, 0) is 92.3 Å². The largest absolute Gasteiger partial charge is 0.458 e. The highest BCUT2D eigenvalue weighted by molar-refractivity contribution is 5.85. The fraction of sp³-hybridized carbons (Fsp3) is 0.913. The zero-order valence-electron chi connectivity index (χ0n) is 17.2. The molecule has 4 rings (SSSR count). The van der Waals surface area contributed by atoms with E-state index in [1.54, 1.807) is 0 Å². The zero-order chi connectivity index (χ0) is 19.4. The highest BCUT2D eigenvalue weighted by atomic mass is 16.5. The van der Waals surface area contributed by atoms with Gasteiger partial charge in [0.1, 0.15) is 6.61 Å². The van der Waals surface area contributed by atoms with E-state index in [1.165, 1.54) is 26.2 Å². The molecule has 4 aliphatic carbocycles. The molecule has 0 aliphatic heterocycles. The van der Waals surface area contributed by atoms with Crippen molar-refractivity contribution in [1.29, 1.82) is 0 Å². The molecule has 1 unspecified atom stereocenters. The second kappa shape index (κ2) is 6.86. The number of ether oxygens (including phenoxy) is 1. The molecule has 1 N–H and O–H groups in total. The molecule has 152 valence electrons. The van der Waals surface area contributed by atoms with Crippen LogP contribution in [-0.2, 0) is 14.3 Å². The minimum absolute atomic E-state index is 0.0475. The molecule has 0 radical (unpaired) electrons. The van der Waals surface area contributed by atoms with Crippen molar-refractivity contribution in [2.75, 3.05) is 6.61 Å². The van der Waals surface area contributed by atoms with E-state index >= 15 is 0 Å². The summed E-state index contributed by atoms with van der Waals surface area (Å²) in [5.41, 5.74) is 0.457. The summed E-state index contributed by atoms with van der Waals surface area (Å²) in [6.07, 6.45) is 9.99. The fourth-order valence-electron chi connectivity index (χ4n) is 8.04. The van der Waals surface area contributed by atoms with Crippen LogP contribution in [0, 0.1) is 40.4 Å². The quantitative estimate of drug-likeness (QED) is 0.752. The van der Waals surface area contributed by atoms with E-state index in [0.717, 1.165) is 50.4 Å². The Morgan fingerprint density at radius 3 is 2.41 bits per heavy atom. The maximum absolute atomic E-state index is 12.8. The molecular weight excluding hydrogens is 340 g/mol. The summed E-state index contributed by atoms with van der Waals surface area (Å²) >= 11 is 0. The number of fused-ring (bicyclic) bond motifs is 5. The Bertz CT molecular complexity index is 615. The van der Waals surface area contributed by atoms with Crippen molar-refractivity contribution in [3.8, 4) is 0 Å². The van der Waals surface area contributed by atoms with E-state index in [1.807, 2.05) is 0 Å². The molecule has 0 saturated heterocycles. The SMILES string of the molecule is CC(=O)OCC(=O)[C@H]1CC[C@H]2[C@@H]3CCC4C[C@@H](O)CC[C@]4(C)[C@H]3CC[C@]12C. The monoisotopic (exact) mass is 376 g/mol. The average Bonchev–Trinajstić information content (AvgIpc) is 2.97. The summed E-state index contributed by atoms with van der Waals surface area (Å²) < 4.78 is 5.03. The lowest BCUT2D eigenvalue weighted by Crippen LogP contribution is -2.54. The van der Waals surface area contributed by atoms with E-state index < -0.39 is 0 Å². The Balaban J connectivity index is 1.52. The van der Waals surface area contributed by atoms with E-state index in [4.69, 9.17) is 4.74 Å². The topological polar surface area (TPSA) is 63.6 Å². The lowest BCUT2D eigenvalue weighted by Gasteiger charge is -2.60.